The van der Waals surface area contributed by atoms with Crippen LogP contribution in [0.15, 0.2) is 74.9 Å². The van der Waals surface area contributed by atoms with Gasteiger partial charge in [0, 0.05) is 4.47 Å². The summed E-state index contributed by atoms with van der Waals surface area (Å²) in [5.74, 6) is -0.682. The fraction of sp³-hybridized carbons (Fsp3) is 0.0833. The van der Waals surface area contributed by atoms with Crippen molar-refractivity contribution in [2.75, 3.05) is 0 Å². The van der Waals surface area contributed by atoms with Crippen LogP contribution in [0, 0.1) is 6.92 Å². The van der Waals surface area contributed by atoms with E-state index in [1.165, 1.54) is 30.3 Å². The van der Waals surface area contributed by atoms with Gasteiger partial charge in [0.2, 0.25) is 0 Å². The van der Waals surface area contributed by atoms with E-state index >= 15 is 0 Å². The molecule has 6 nitrogen and oxygen atoms in total. The Morgan fingerprint density at radius 2 is 1.66 bits per heavy atom. The topological polar surface area (TPSA) is 80.8 Å². The molecular formula is C24H16BrCl2NO5S2. The fourth-order valence-electron chi connectivity index (χ4n) is 3.19. The maximum atomic E-state index is 12.9. The normalized spacial score (nSPS) is 15.2. The third-order valence-electron chi connectivity index (χ3n) is 4.98. The molecular weight excluding hydrogens is 597 g/mol. The number of amides is 2. The molecule has 0 spiro atoms. The van der Waals surface area contributed by atoms with Gasteiger partial charge in [0.25, 0.3) is 11.1 Å². The minimum atomic E-state index is -4.16. The molecule has 0 atom stereocenters. The third-order valence-corrected chi connectivity index (χ3v) is 8.46. The number of benzene rings is 3. The fourth-order valence-corrected chi connectivity index (χ4v) is 6.08. The summed E-state index contributed by atoms with van der Waals surface area (Å²) >= 11 is 16.8. The molecule has 1 aliphatic heterocycles. The van der Waals surface area contributed by atoms with Crippen LogP contribution in [0.4, 0.5) is 4.79 Å². The van der Waals surface area contributed by atoms with Gasteiger partial charge in [-0.1, -0.05) is 75.0 Å². The van der Waals surface area contributed by atoms with E-state index in [1.54, 1.807) is 12.1 Å². The van der Waals surface area contributed by atoms with Crippen LogP contribution in [0.2, 0.25) is 10.0 Å². The Morgan fingerprint density at radius 1 is 1.03 bits per heavy atom. The standard InChI is InChI=1S/C24H16BrCl2NO5S2/c1-14-6-8-17(9-7-14)35(31,32)33-22-19(26)10-15(11-20(22)27)12-21-23(29)28(24(30)34-21)13-16-4-2-3-5-18(16)25/h2-12H,13H2,1H3/b21-12-. The number of nitrogens with zero attached hydrogens (tertiary/aromatic N) is 1. The summed E-state index contributed by atoms with van der Waals surface area (Å²) in [5.41, 5.74) is 2.09. The predicted molar refractivity (Wildman–Crippen MR) is 141 cm³/mol. The minimum Gasteiger partial charge on any atom is -0.376 e. The van der Waals surface area contributed by atoms with E-state index in [4.69, 9.17) is 27.4 Å². The van der Waals surface area contributed by atoms with E-state index in [1.807, 2.05) is 31.2 Å². The van der Waals surface area contributed by atoms with E-state index in [-0.39, 0.29) is 32.1 Å². The number of thioether (sulfide) groups is 1. The molecule has 0 radical (unpaired) electrons. The number of imide groups is 1. The van der Waals surface area contributed by atoms with Crippen molar-refractivity contribution in [2.45, 2.75) is 18.4 Å². The lowest BCUT2D eigenvalue weighted by atomic mass is 10.2. The SMILES string of the molecule is Cc1ccc(S(=O)(=O)Oc2c(Cl)cc(/C=C3\SC(=O)N(Cc4ccccc4Br)C3=O)cc2Cl)cc1. The third kappa shape index (κ3) is 5.76. The van der Waals surface area contributed by atoms with Crippen LogP contribution in [-0.2, 0) is 21.5 Å². The molecule has 1 heterocycles. The van der Waals surface area contributed by atoms with Crippen molar-refractivity contribution in [3.63, 3.8) is 0 Å². The second kappa shape index (κ2) is 10.4. The van der Waals surface area contributed by atoms with Crippen LogP contribution in [0.1, 0.15) is 16.7 Å². The van der Waals surface area contributed by atoms with Gasteiger partial charge in [0.1, 0.15) is 4.90 Å². The van der Waals surface area contributed by atoms with Gasteiger partial charge in [0.15, 0.2) is 5.75 Å². The van der Waals surface area contributed by atoms with Crippen molar-refractivity contribution in [2.24, 2.45) is 0 Å². The summed E-state index contributed by atoms with van der Waals surface area (Å²) in [7, 11) is -4.16. The molecule has 1 aliphatic rings. The van der Waals surface area contributed by atoms with Crippen LogP contribution in [0.3, 0.4) is 0 Å². The first kappa shape index (κ1) is 25.8. The Morgan fingerprint density at radius 3 is 2.29 bits per heavy atom. The highest BCUT2D eigenvalue weighted by molar-refractivity contribution is 9.10. The molecule has 4 rings (SSSR count). The predicted octanol–water partition coefficient (Wildman–Crippen LogP) is 7.07. The van der Waals surface area contributed by atoms with E-state index in [2.05, 4.69) is 15.9 Å². The summed E-state index contributed by atoms with van der Waals surface area (Å²) in [4.78, 5) is 26.6. The molecule has 3 aromatic rings. The number of hydrogen-bond acceptors (Lipinski definition) is 6. The number of rotatable bonds is 6. The van der Waals surface area contributed by atoms with Crippen LogP contribution in [0.25, 0.3) is 6.08 Å². The minimum absolute atomic E-state index is 0.0435. The zero-order valence-corrected chi connectivity index (χ0v) is 22.7. The Hall–Kier alpha value is -2.30. The Balaban J connectivity index is 1.57. The lowest BCUT2D eigenvalue weighted by Crippen LogP contribution is -2.27. The Bertz CT molecular complexity index is 1450. The van der Waals surface area contributed by atoms with Gasteiger partial charge in [-0.25, -0.2) is 0 Å². The van der Waals surface area contributed by atoms with Gasteiger partial charge >= 0.3 is 10.1 Å². The van der Waals surface area contributed by atoms with Crippen LogP contribution >= 0.6 is 50.9 Å². The molecule has 2 amide bonds. The molecule has 180 valence electrons. The Kier molecular flexibility index (Phi) is 7.63. The number of halogens is 3. The summed E-state index contributed by atoms with van der Waals surface area (Å²) in [6.45, 7) is 1.95. The second-order valence-corrected chi connectivity index (χ2v) is 11.7. The average Bonchev–Trinajstić information content (AvgIpc) is 3.05. The molecule has 1 fully saturated rings. The second-order valence-electron chi connectivity index (χ2n) is 7.52. The summed E-state index contributed by atoms with van der Waals surface area (Å²) in [6, 6.07) is 16.3. The first-order chi connectivity index (χ1) is 16.5. The quantitative estimate of drug-likeness (QED) is 0.219. The highest BCUT2D eigenvalue weighted by Gasteiger charge is 2.35. The summed E-state index contributed by atoms with van der Waals surface area (Å²) < 4.78 is 31.2. The lowest BCUT2D eigenvalue weighted by Gasteiger charge is -2.13. The number of hydrogen-bond donors (Lipinski definition) is 0. The molecule has 35 heavy (non-hydrogen) atoms. The van der Waals surface area contributed by atoms with Crippen LogP contribution < -0.4 is 4.18 Å². The van der Waals surface area contributed by atoms with Gasteiger partial charge in [-0.05, 0) is 66.2 Å². The molecule has 0 N–H and O–H groups in total. The molecule has 0 bridgehead atoms. The van der Waals surface area contributed by atoms with Gasteiger partial charge < -0.3 is 4.18 Å². The van der Waals surface area contributed by atoms with E-state index in [0.717, 1.165) is 32.3 Å². The molecule has 0 saturated carbocycles. The average molecular weight is 613 g/mol. The van der Waals surface area contributed by atoms with E-state index in [0.29, 0.717) is 5.56 Å². The van der Waals surface area contributed by atoms with Crippen molar-refractivity contribution in [3.05, 3.63) is 96.8 Å². The van der Waals surface area contributed by atoms with Gasteiger partial charge in [0.05, 0.1) is 21.5 Å². The molecule has 0 aromatic heterocycles. The highest BCUT2D eigenvalue weighted by Crippen LogP contribution is 2.39. The van der Waals surface area contributed by atoms with Crippen molar-refractivity contribution in [3.8, 4) is 5.75 Å². The monoisotopic (exact) mass is 611 g/mol. The zero-order chi connectivity index (χ0) is 25.3. The first-order valence-electron chi connectivity index (χ1n) is 10.0. The Labute approximate surface area is 225 Å². The highest BCUT2D eigenvalue weighted by atomic mass is 79.9. The smallest absolute Gasteiger partial charge is 0.339 e. The maximum absolute atomic E-state index is 12.9. The van der Waals surface area contributed by atoms with Gasteiger partial charge in [-0.3, -0.25) is 14.5 Å². The lowest BCUT2D eigenvalue weighted by molar-refractivity contribution is -0.123. The number of aryl methyl sites for hydroxylation is 1. The molecule has 3 aromatic carbocycles. The summed E-state index contributed by atoms with van der Waals surface area (Å²) in [5, 5.41) is -0.530. The molecule has 0 unspecified atom stereocenters. The van der Waals surface area contributed by atoms with Crippen molar-refractivity contribution in [1.82, 2.24) is 4.90 Å². The summed E-state index contributed by atoms with van der Waals surface area (Å²) in [6.07, 6.45) is 1.47. The molecule has 1 saturated heterocycles. The van der Waals surface area contributed by atoms with Gasteiger partial charge in [-0.2, -0.15) is 8.42 Å². The van der Waals surface area contributed by atoms with Crippen LogP contribution in [0.5, 0.6) is 5.75 Å². The molecule has 11 heteroatoms. The molecule has 0 aliphatic carbocycles. The van der Waals surface area contributed by atoms with Crippen LogP contribution in [-0.4, -0.2) is 24.5 Å². The number of carbonyl (C=O) groups excluding carboxylic acids is 2. The number of carbonyl (C=O) groups is 2. The van der Waals surface area contributed by atoms with Crippen molar-refractivity contribution >= 4 is 78.2 Å². The van der Waals surface area contributed by atoms with Gasteiger partial charge in [-0.15, -0.1) is 0 Å². The first-order valence-corrected chi connectivity index (χ1v) is 13.8. The van der Waals surface area contributed by atoms with Crippen molar-refractivity contribution < 1.29 is 22.2 Å². The van der Waals surface area contributed by atoms with E-state index in [9.17, 15) is 18.0 Å². The van der Waals surface area contributed by atoms with E-state index < -0.39 is 21.3 Å². The zero-order valence-electron chi connectivity index (χ0n) is 18.0. The largest absolute Gasteiger partial charge is 0.376 e. The maximum Gasteiger partial charge on any atom is 0.339 e. The van der Waals surface area contributed by atoms with Crippen molar-refractivity contribution in [1.29, 1.82) is 0 Å².